The van der Waals surface area contributed by atoms with Crippen molar-refractivity contribution in [3.8, 4) is 5.75 Å². The van der Waals surface area contributed by atoms with E-state index in [0.717, 1.165) is 37.3 Å². The Morgan fingerprint density at radius 1 is 1.05 bits per heavy atom. The molecule has 1 fully saturated rings. The van der Waals surface area contributed by atoms with Crippen LogP contribution in [0.1, 0.15) is 18.4 Å². The molecule has 0 radical (unpaired) electrons. The lowest BCUT2D eigenvalue weighted by Gasteiger charge is -2.36. The van der Waals surface area contributed by atoms with Crippen LogP contribution in [0.25, 0.3) is 11.0 Å². The molecule has 216 valence electrons. The first-order chi connectivity index (χ1) is 19.6. The van der Waals surface area contributed by atoms with E-state index >= 15 is 0 Å². The summed E-state index contributed by atoms with van der Waals surface area (Å²) >= 11 is 3.51. The third-order valence-electron chi connectivity index (χ3n) is 7.14. The highest BCUT2D eigenvalue weighted by Gasteiger charge is 2.22. The third kappa shape index (κ3) is 6.85. The second-order valence-corrected chi connectivity index (χ2v) is 13.3. The summed E-state index contributed by atoms with van der Waals surface area (Å²) in [6.07, 6.45) is 8.18. The van der Waals surface area contributed by atoms with E-state index in [0.29, 0.717) is 50.3 Å². The average molecular weight is 642 g/mol. The van der Waals surface area contributed by atoms with Crippen LogP contribution in [-0.4, -0.2) is 79.8 Å². The molecule has 2 N–H and O–H groups in total. The average Bonchev–Trinajstić information content (AvgIpc) is 2.95. The van der Waals surface area contributed by atoms with Gasteiger partial charge >= 0.3 is 0 Å². The van der Waals surface area contributed by atoms with Crippen molar-refractivity contribution < 1.29 is 13.2 Å². The van der Waals surface area contributed by atoms with Gasteiger partial charge in [-0.05, 0) is 67.1 Å². The quantitative estimate of drug-likeness (QED) is 0.263. The van der Waals surface area contributed by atoms with Gasteiger partial charge in [-0.15, -0.1) is 0 Å². The summed E-state index contributed by atoms with van der Waals surface area (Å²) in [6, 6.07) is 10.3. The molecule has 0 spiro atoms. The number of aromatic nitrogens is 4. The van der Waals surface area contributed by atoms with Crippen molar-refractivity contribution in [1.82, 2.24) is 24.8 Å². The number of hydrogen-bond donors (Lipinski definition) is 2. The summed E-state index contributed by atoms with van der Waals surface area (Å²) in [5.74, 6) is 1.29. The van der Waals surface area contributed by atoms with Gasteiger partial charge in [0.2, 0.25) is 5.95 Å². The summed E-state index contributed by atoms with van der Waals surface area (Å²) in [4.78, 5) is 22.5. The molecule has 13 heteroatoms. The second-order valence-electron chi connectivity index (χ2n) is 10.3. The number of nitrogens with zero attached hydrogens (tertiary/aromatic N) is 6. The van der Waals surface area contributed by atoms with Crippen LogP contribution in [0.5, 0.6) is 5.75 Å². The number of piperidine rings is 1. The number of ether oxygens (including phenoxy) is 1. The van der Waals surface area contributed by atoms with E-state index in [-0.39, 0.29) is 5.75 Å². The van der Waals surface area contributed by atoms with Crippen molar-refractivity contribution in [2.75, 3.05) is 56.1 Å². The fraction of sp³-hybridized carbons (Fsp3) is 0.357. The van der Waals surface area contributed by atoms with Crippen molar-refractivity contribution in [3.63, 3.8) is 0 Å². The Balaban J connectivity index is 1.39. The minimum absolute atomic E-state index is 0.199. The smallest absolute Gasteiger partial charge is 0.229 e. The first-order valence-corrected chi connectivity index (χ1v) is 16.0. The molecule has 1 aliphatic rings. The van der Waals surface area contributed by atoms with Crippen LogP contribution in [0.2, 0.25) is 0 Å². The molecule has 0 amide bonds. The van der Waals surface area contributed by atoms with E-state index in [1.54, 1.807) is 37.8 Å². The van der Waals surface area contributed by atoms with Gasteiger partial charge in [0.1, 0.15) is 11.6 Å². The number of hydrogen-bond acceptors (Lipinski definition) is 11. The lowest BCUT2D eigenvalue weighted by molar-refractivity contribution is 0.249. The van der Waals surface area contributed by atoms with Gasteiger partial charge in [0.05, 0.1) is 34.1 Å². The van der Waals surface area contributed by atoms with E-state index in [1.165, 1.54) is 6.26 Å². The van der Waals surface area contributed by atoms with Crippen LogP contribution < -0.4 is 20.3 Å². The van der Waals surface area contributed by atoms with Crippen LogP contribution in [0.3, 0.4) is 0 Å². The molecule has 0 saturated carbocycles. The molecule has 2 aromatic heterocycles. The SMILES string of the molecule is COc1cc(N2CCC(N(C)C)CC2)ccc1Nc1ncc(Br)c(Nc2ccc3nccnc3c2CS(C)(=O)=O)n1. The monoisotopic (exact) mass is 640 g/mol. The molecule has 2 aromatic carbocycles. The van der Waals surface area contributed by atoms with E-state index in [9.17, 15) is 8.42 Å². The Labute approximate surface area is 248 Å². The summed E-state index contributed by atoms with van der Waals surface area (Å²) in [5, 5.41) is 6.52. The maximum atomic E-state index is 12.3. The highest BCUT2D eigenvalue weighted by atomic mass is 79.9. The van der Waals surface area contributed by atoms with Gasteiger partial charge < -0.3 is 25.2 Å². The fourth-order valence-corrected chi connectivity index (χ4v) is 6.11. The standard InChI is InChI=1S/C28H33BrN8O3S/c1-36(2)18-9-13-37(14-10-18)19-5-6-23(25(15-19)40-3)34-28-32-16-21(29)27(35-28)33-22-7-8-24-26(31-12-11-30-24)20(22)17-41(4,38)39/h5-8,11-12,15-16,18H,9-10,13-14,17H2,1-4H3,(H2,32,33,34,35). The van der Waals surface area contributed by atoms with E-state index < -0.39 is 9.84 Å². The van der Waals surface area contributed by atoms with Crippen molar-refractivity contribution in [1.29, 1.82) is 0 Å². The van der Waals surface area contributed by atoms with Gasteiger partial charge in [0, 0.05) is 67.0 Å². The van der Waals surface area contributed by atoms with Gasteiger partial charge in [0.15, 0.2) is 9.84 Å². The number of methoxy groups -OCH3 is 1. The number of sulfone groups is 1. The summed E-state index contributed by atoms with van der Waals surface area (Å²) < 4.78 is 30.8. The lowest BCUT2D eigenvalue weighted by atomic mass is 10.0. The van der Waals surface area contributed by atoms with Gasteiger partial charge in [-0.1, -0.05) is 0 Å². The molecule has 0 bridgehead atoms. The molecule has 11 nitrogen and oxygen atoms in total. The molecule has 0 aliphatic carbocycles. The molecule has 41 heavy (non-hydrogen) atoms. The van der Waals surface area contributed by atoms with Crippen molar-refractivity contribution in [3.05, 3.63) is 59.0 Å². The van der Waals surface area contributed by atoms with Gasteiger partial charge in [-0.25, -0.2) is 13.4 Å². The van der Waals surface area contributed by atoms with Crippen LogP contribution in [0, 0.1) is 0 Å². The maximum Gasteiger partial charge on any atom is 0.229 e. The van der Waals surface area contributed by atoms with E-state index in [4.69, 9.17) is 4.74 Å². The molecule has 4 aromatic rings. The molecule has 3 heterocycles. The Hall–Kier alpha value is -3.55. The van der Waals surface area contributed by atoms with E-state index in [2.05, 4.69) is 76.5 Å². The number of anilines is 5. The maximum absolute atomic E-state index is 12.3. The minimum Gasteiger partial charge on any atom is -0.494 e. The van der Waals surface area contributed by atoms with Gasteiger partial charge in [-0.3, -0.25) is 9.97 Å². The number of rotatable bonds is 9. The zero-order valence-corrected chi connectivity index (χ0v) is 25.8. The zero-order valence-electron chi connectivity index (χ0n) is 23.4. The molecular formula is C28H33BrN8O3S. The largest absolute Gasteiger partial charge is 0.494 e. The number of benzene rings is 2. The Morgan fingerprint density at radius 3 is 2.49 bits per heavy atom. The molecular weight excluding hydrogens is 608 g/mol. The summed E-state index contributed by atoms with van der Waals surface area (Å²) in [5.41, 5.74) is 4.05. The van der Waals surface area contributed by atoms with Crippen molar-refractivity contribution in [2.24, 2.45) is 0 Å². The van der Waals surface area contributed by atoms with E-state index in [1.807, 2.05) is 12.1 Å². The topological polar surface area (TPSA) is 125 Å². The summed E-state index contributed by atoms with van der Waals surface area (Å²) in [7, 11) is 2.57. The number of halogens is 1. The highest BCUT2D eigenvalue weighted by molar-refractivity contribution is 9.10. The molecule has 0 atom stereocenters. The van der Waals surface area contributed by atoms with Crippen LogP contribution in [0.15, 0.2) is 53.4 Å². The molecule has 0 unspecified atom stereocenters. The fourth-order valence-electron chi connectivity index (χ4n) is 5.00. The van der Waals surface area contributed by atoms with Gasteiger partial charge in [0.25, 0.3) is 0 Å². The Kier molecular flexibility index (Phi) is 8.57. The zero-order chi connectivity index (χ0) is 29.1. The predicted octanol–water partition coefficient (Wildman–Crippen LogP) is 4.75. The lowest BCUT2D eigenvalue weighted by Crippen LogP contribution is -2.41. The molecule has 1 aliphatic heterocycles. The highest BCUT2D eigenvalue weighted by Crippen LogP contribution is 2.34. The third-order valence-corrected chi connectivity index (χ3v) is 8.53. The number of nitrogens with one attached hydrogen (secondary N) is 2. The Bertz CT molecular complexity index is 1660. The summed E-state index contributed by atoms with van der Waals surface area (Å²) in [6.45, 7) is 1.98. The number of fused-ring (bicyclic) bond motifs is 1. The van der Waals surface area contributed by atoms with Crippen molar-refractivity contribution in [2.45, 2.75) is 24.6 Å². The second kappa shape index (κ2) is 12.1. The molecule has 5 rings (SSSR count). The van der Waals surface area contributed by atoms with Crippen LogP contribution in [0.4, 0.5) is 28.8 Å². The first kappa shape index (κ1) is 29.0. The minimum atomic E-state index is -3.35. The normalized spacial score (nSPS) is 14.4. The first-order valence-electron chi connectivity index (χ1n) is 13.2. The predicted molar refractivity (Wildman–Crippen MR) is 166 cm³/mol. The van der Waals surface area contributed by atoms with Crippen LogP contribution in [-0.2, 0) is 15.6 Å². The van der Waals surface area contributed by atoms with Crippen LogP contribution >= 0.6 is 15.9 Å². The van der Waals surface area contributed by atoms with Gasteiger partial charge in [-0.2, -0.15) is 4.98 Å². The van der Waals surface area contributed by atoms with Crippen molar-refractivity contribution >= 4 is 65.6 Å². The molecule has 1 saturated heterocycles. The Morgan fingerprint density at radius 2 is 1.78 bits per heavy atom.